The zero-order valence-electron chi connectivity index (χ0n) is 11.2. The van der Waals surface area contributed by atoms with Crippen LogP contribution in [0.3, 0.4) is 0 Å². The molecule has 0 radical (unpaired) electrons. The molecule has 108 valence electrons. The maximum absolute atomic E-state index is 12.8. The second-order valence-corrected chi connectivity index (χ2v) is 5.08. The van der Waals surface area contributed by atoms with Gasteiger partial charge in [-0.15, -0.1) is 0 Å². The molecule has 0 bridgehead atoms. The molecule has 0 saturated heterocycles. The number of fused-ring (bicyclic) bond motifs is 3. The lowest BCUT2D eigenvalue weighted by Crippen LogP contribution is -2.44. The van der Waals surface area contributed by atoms with Gasteiger partial charge in [0, 0.05) is 11.3 Å². The van der Waals surface area contributed by atoms with E-state index in [1.165, 1.54) is 0 Å². The van der Waals surface area contributed by atoms with E-state index in [2.05, 4.69) is 5.32 Å². The number of amides is 1. The molecule has 3 aliphatic rings. The molecule has 0 aromatic heterocycles. The summed E-state index contributed by atoms with van der Waals surface area (Å²) in [5.41, 5.74) is 5.17. The van der Waals surface area contributed by atoms with Crippen LogP contribution in [0.1, 0.15) is 5.56 Å². The number of ether oxygens (including phenoxy) is 2. The van der Waals surface area contributed by atoms with Gasteiger partial charge in [-0.05, 0) is 6.07 Å². The van der Waals surface area contributed by atoms with Crippen molar-refractivity contribution in [3.8, 4) is 6.07 Å². The third-order valence-electron chi connectivity index (χ3n) is 4.08. The first-order valence-corrected chi connectivity index (χ1v) is 6.50. The second kappa shape index (κ2) is 3.89. The molecule has 22 heavy (non-hydrogen) atoms. The Balaban J connectivity index is 2.13. The van der Waals surface area contributed by atoms with Crippen LogP contribution in [0.2, 0.25) is 0 Å². The Kier molecular flexibility index (Phi) is 2.20. The number of cyclic esters (lactones) is 1. The van der Waals surface area contributed by atoms with Crippen LogP contribution >= 0.6 is 0 Å². The number of carbonyl (C=O) groups is 2. The average molecular weight is 295 g/mol. The van der Waals surface area contributed by atoms with Crippen LogP contribution in [0.5, 0.6) is 0 Å². The minimum atomic E-state index is -1.60. The van der Waals surface area contributed by atoms with Crippen LogP contribution in [0.15, 0.2) is 47.1 Å². The molecule has 1 aromatic carbocycles. The Bertz CT molecular complexity index is 862. The highest BCUT2D eigenvalue weighted by Crippen LogP contribution is 2.52. The van der Waals surface area contributed by atoms with Crippen molar-refractivity contribution < 1.29 is 19.1 Å². The first kappa shape index (κ1) is 12.5. The molecule has 1 spiro atoms. The van der Waals surface area contributed by atoms with Crippen LogP contribution in [0.25, 0.3) is 0 Å². The Morgan fingerprint density at radius 2 is 2.09 bits per heavy atom. The van der Waals surface area contributed by atoms with E-state index >= 15 is 0 Å². The number of benzene rings is 1. The van der Waals surface area contributed by atoms with Gasteiger partial charge >= 0.3 is 5.97 Å². The van der Waals surface area contributed by atoms with Gasteiger partial charge in [0.1, 0.15) is 23.8 Å². The van der Waals surface area contributed by atoms with E-state index in [1.54, 1.807) is 24.3 Å². The van der Waals surface area contributed by atoms with Gasteiger partial charge < -0.3 is 20.5 Å². The quantitative estimate of drug-likeness (QED) is 0.670. The lowest BCUT2D eigenvalue weighted by molar-refractivity contribution is -0.137. The van der Waals surface area contributed by atoms with Gasteiger partial charge in [-0.2, -0.15) is 5.26 Å². The van der Waals surface area contributed by atoms with E-state index in [0.29, 0.717) is 11.3 Å². The minimum Gasteiger partial charge on any atom is -0.454 e. The van der Waals surface area contributed by atoms with Crippen molar-refractivity contribution in [2.45, 2.75) is 5.41 Å². The summed E-state index contributed by atoms with van der Waals surface area (Å²) in [6, 6.07) is 8.77. The van der Waals surface area contributed by atoms with Crippen molar-refractivity contribution in [2.75, 3.05) is 11.9 Å². The minimum absolute atomic E-state index is 0.0284. The van der Waals surface area contributed by atoms with Crippen LogP contribution < -0.4 is 11.1 Å². The van der Waals surface area contributed by atoms with E-state index in [0.717, 1.165) is 0 Å². The van der Waals surface area contributed by atoms with Crippen molar-refractivity contribution in [1.82, 2.24) is 0 Å². The van der Waals surface area contributed by atoms with Gasteiger partial charge in [0.2, 0.25) is 11.8 Å². The zero-order chi connectivity index (χ0) is 15.5. The smallest absolute Gasteiger partial charge is 0.339 e. The van der Waals surface area contributed by atoms with Crippen LogP contribution in [0, 0.1) is 11.3 Å². The Morgan fingerprint density at radius 1 is 1.32 bits per heavy atom. The molecule has 3 heterocycles. The van der Waals surface area contributed by atoms with E-state index in [4.69, 9.17) is 15.2 Å². The third kappa shape index (κ3) is 1.20. The maximum atomic E-state index is 12.8. The molecule has 7 heteroatoms. The second-order valence-electron chi connectivity index (χ2n) is 5.08. The Labute approximate surface area is 124 Å². The van der Waals surface area contributed by atoms with Gasteiger partial charge in [-0.1, -0.05) is 18.2 Å². The highest BCUT2D eigenvalue weighted by molar-refractivity contribution is 6.18. The molecular formula is C15H9N3O4. The standard InChI is InChI=1S/C15H9N3O4/c16-5-8-12(17)22-10-6-21-13(19)11(10)15(8)7-3-1-2-4-9(7)18-14(15)20/h1-4H,6,17H2,(H,18,20). The fourth-order valence-corrected chi connectivity index (χ4v) is 3.22. The Morgan fingerprint density at radius 3 is 2.86 bits per heavy atom. The number of nitriles is 1. The summed E-state index contributed by atoms with van der Waals surface area (Å²) in [7, 11) is 0. The molecule has 0 fully saturated rings. The summed E-state index contributed by atoms with van der Waals surface area (Å²) >= 11 is 0. The van der Waals surface area contributed by atoms with Gasteiger partial charge in [0.05, 0.1) is 0 Å². The molecule has 1 aromatic rings. The number of para-hydroxylation sites is 1. The summed E-state index contributed by atoms with van der Waals surface area (Å²) in [5.74, 6) is -1.20. The van der Waals surface area contributed by atoms with Crippen molar-refractivity contribution in [1.29, 1.82) is 5.26 Å². The fraction of sp³-hybridized carbons (Fsp3) is 0.133. The van der Waals surface area contributed by atoms with Crippen LogP contribution in [-0.4, -0.2) is 18.5 Å². The molecule has 4 rings (SSSR count). The van der Waals surface area contributed by atoms with E-state index in [-0.39, 0.29) is 29.4 Å². The summed E-state index contributed by atoms with van der Waals surface area (Å²) in [5, 5.41) is 12.2. The maximum Gasteiger partial charge on any atom is 0.339 e. The molecule has 7 nitrogen and oxygen atoms in total. The summed E-state index contributed by atoms with van der Waals surface area (Å²) < 4.78 is 10.3. The van der Waals surface area contributed by atoms with Crippen molar-refractivity contribution in [3.05, 3.63) is 52.6 Å². The number of hydrogen-bond acceptors (Lipinski definition) is 6. The van der Waals surface area contributed by atoms with Gasteiger partial charge in [0.25, 0.3) is 0 Å². The number of carbonyl (C=O) groups excluding carboxylic acids is 2. The highest BCUT2D eigenvalue weighted by atomic mass is 16.6. The molecule has 1 unspecified atom stereocenters. The summed E-state index contributed by atoms with van der Waals surface area (Å²) in [6.45, 7) is -0.106. The van der Waals surface area contributed by atoms with Crippen LogP contribution in [0.4, 0.5) is 5.69 Å². The SMILES string of the molecule is N#CC1=C(N)OC2=C(C(=O)OC2)C12C(=O)Nc1ccccc12. The molecule has 1 amide bonds. The largest absolute Gasteiger partial charge is 0.454 e. The van der Waals surface area contributed by atoms with Crippen molar-refractivity contribution >= 4 is 17.6 Å². The average Bonchev–Trinajstić information content (AvgIpc) is 3.00. The molecule has 3 N–H and O–H groups in total. The summed E-state index contributed by atoms with van der Waals surface area (Å²) in [4.78, 5) is 24.9. The first-order valence-electron chi connectivity index (χ1n) is 6.50. The van der Waals surface area contributed by atoms with E-state index in [9.17, 15) is 14.9 Å². The van der Waals surface area contributed by atoms with Gasteiger partial charge in [-0.25, -0.2) is 4.79 Å². The van der Waals surface area contributed by atoms with Gasteiger partial charge in [0.15, 0.2) is 11.2 Å². The molecule has 1 atom stereocenters. The number of hydrogen-bond donors (Lipinski definition) is 2. The normalized spacial score (nSPS) is 25.4. The van der Waals surface area contributed by atoms with Crippen LogP contribution in [-0.2, 0) is 24.5 Å². The highest BCUT2D eigenvalue weighted by Gasteiger charge is 2.61. The van der Waals surface area contributed by atoms with Crippen molar-refractivity contribution in [3.63, 3.8) is 0 Å². The third-order valence-corrected chi connectivity index (χ3v) is 4.08. The van der Waals surface area contributed by atoms with Gasteiger partial charge in [-0.3, -0.25) is 4.79 Å². The first-order chi connectivity index (χ1) is 10.6. The van der Waals surface area contributed by atoms with Crippen molar-refractivity contribution in [2.24, 2.45) is 5.73 Å². The lowest BCUT2D eigenvalue weighted by atomic mass is 9.68. The number of nitrogens with zero attached hydrogens (tertiary/aromatic N) is 1. The number of rotatable bonds is 0. The van der Waals surface area contributed by atoms with E-state index < -0.39 is 17.3 Å². The predicted molar refractivity (Wildman–Crippen MR) is 72.6 cm³/mol. The fourth-order valence-electron chi connectivity index (χ4n) is 3.22. The predicted octanol–water partition coefficient (Wildman–Crippen LogP) is 0.411. The van der Waals surface area contributed by atoms with E-state index in [1.807, 2.05) is 6.07 Å². The zero-order valence-corrected chi connectivity index (χ0v) is 11.2. The Hall–Kier alpha value is -3.27. The molecular weight excluding hydrogens is 286 g/mol. The number of nitrogens with two attached hydrogens (primary N) is 1. The summed E-state index contributed by atoms with van der Waals surface area (Å²) in [6.07, 6.45) is 0. The topological polar surface area (TPSA) is 114 Å². The molecule has 0 saturated carbocycles. The molecule has 3 aliphatic heterocycles. The number of nitrogens with one attached hydrogen (secondary N) is 1. The monoisotopic (exact) mass is 295 g/mol. The number of anilines is 1. The molecule has 0 aliphatic carbocycles. The lowest BCUT2D eigenvalue weighted by Gasteiger charge is -2.31. The number of esters is 1.